The van der Waals surface area contributed by atoms with Gasteiger partial charge in [-0.3, -0.25) is 0 Å². The normalized spacial score (nSPS) is 12.6. The average molecular weight is 221 g/mol. The fourth-order valence-corrected chi connectivity index (χ4v) is 1.50. The van der Waals surface area contributed by atoms with Crippen LogP contribution >= 0.6 is 0 Å². The van der Waals surface area contributed by atoms with Crippen LogP contribution < -0.4 is 5.73 Å². The number of aliphatic hydroxyl groups excluding tert-OH is 1. The fourth-order valence-electron chi connectivity index (χ4n) is 1.50. The number of benzene rings is 1. The summed E-state index contributed by atoms with van der Waals surface area (Å²) in [6, 6.07) is 7.72. The molecule has 3 N–H and O–H groups in total. The molecule has 1 aromatic heterocycles. The van der Waals surface area contributed by atoms with Gasteiger partial charge < -0.3 is 10.8 Å². The number of aromatic nitrogens is 2. The molecule has 0 spiro atoms. The number of halogens is 1. The van der Waals surface area contributed by atoms with Crippen molar-refractivity contribution in [1.82, 2.24) is 9.78 Å². The van der Waals surface area contributed by atoms with Crippen LogP contribution in [0.3, 0.4) is 0 Å². The highest BCUT2D eigenvalue weighted by Gasteiger charge is 2.13. The second-order valence-corrected chi connectivity index (χ2v) is 3.48. The lowest BCUT2D eigenvalue weighted by molar-refractivity contribution is 0.148. The number of anilines is 1. The summed E-state index contributed by atoms with van der Waals surface area (Å²) < 4.78 is 14.8. The summed E-state index contributed by atoms with van der Waals surface area (Å²) in [5.41, 5.74) is 5.85. The molecule has 1 unspecified atom stereocenters. The van der Waals surface area contributed by atoms with E-state index in [-0.39, 0.29) is 12.1 Å². The predicted octanol–water partition coefficient (Wildman–Crippen LogP) is 1.34. The molecule has 5 heteroatoms. The standard InChI is InChI=1S/C11H12FN3O/c12-9-4-2-1-3-8(9)10(16)7-15-11(13)5-6-14-15/h1-6,10,16H,7,13H2. The van der Waals surface area contributed by atoms with Gasteiger partial charge in [-0.25, -0.2) is 9.07 Å². The Morgan fingerprint density at radius 3 is 2.75 bits per heavy atom. The molecule has 0 fully saturated rings. The molecule has 0 aliphatic carbocycles. The van der Waals surface area contributed by atoms with Gasteiger partial charge in [0.2, 0.25) is 0 Å². The van der Waals surface area contributed by atoms with Crippen LogP contribution in [0.4, 0.5) is 10.2 Å². The van der Waals surface area contributed by atoms with Gasteiger partial charge in [-0.05, 0) is 12.1 Å². The molecule has 2 aromatic rings. The van der Waals surface area contributed by atoms with Crippen molar-refractivity contribution in [2.24, 2.45) is 0 Å². The Morgan fingerprint density at radius 1 is 1.38 bits per heavy atom. The van der Waals surface area contributed by atoms with E-state index in [1.807, 2.05) is 0 Å². The van der Waals surface area contributed by atoms with Crippen LogP contribution in [-0.4, -0.2) is 14.9 Å². The zero-order valence-corrected chi connectivity index (χ0v) is 8.55. The summed E-state index contributed by atoms with van der Waals surface area (Å²) in [7, 11) is 0. The van der Waals surface area contributed by atoms with Gasteiger partial charge in [-0.1, -0.05) is 18.2 Å². The third-order valence-corrected chi connectivity index (χ3v) is 2.36. The summed E-state index contributed by atoms with van der Waals surface area (Å²) in [5, 5.41) is 13.8. The van der Waals surface area contributed by atoms with Gasteiger partial charge in [0.05, 0.1) is 12.7 Å². The van der Waals surface area contributed by atoms with Crippen LogP contribution in [-0.2, 0) is 6.54 Å². The molecule has 4 nitrogen and oxygen atoms in total. The lowest BCUT2D eigenvalue weighted by atomic mass is 10.1. The first kappa shape index (κ1) is 10.6. The molecule has 0 aliphatic rings. The SMILES string of the molecule is Nc1ccnn1CC(O)c1ccccc1F. The van der Waals surface area contributed by atoms with E-state index in [9.17, 15) is 9.50 Å². The van der Waals surface area contributed by atoms with E-state index in [0.29, 0.717) is 5.82 Å². The molecule has 0 aliphatic heterocycles. The predicted molar refractivity (Wildman–Crippen MR) is 58.0 cm³/mol. The van der Waals surface area contributed by atoms with E-state index in [0.717, 1.165) is 0 Å². The molecular formula is C11H12FN3O. The monoisotopic (exact) mass is 221 g/mol. The number of nitrogens with zero attached hydrogens (tertiary/aromatic N) is 2. The minimum absolute atomic E-state index is 0.139. The first-order valence-electron chi connectivity index (χ1n) is 4.88. The van der Waals surface area contributed by atoms with E-state index in [1.54, 1.807) is 24.3 Å². The third kappa shape index (κ3) is 2.04. The molecular weight excluding hydrogens is 209 g/mol. The Kier molecular flexibility index (Phi) is 2.87. The molecule has 16 heavy (non-hydrogen) atoms. The number of hydrogen-bond donors (Lipinski definition) is 2. The molecule has 0 amide bonds. The first-order valence-corrected chi connectivity index (χ1v) is 4.88. The van der Waals surface area contributed by atoms with Crippen molar-refractivity contribution in [3.63, 3.8) is 0 Å². The number of aliphatic hydroxyl groups is 1. The Bertz CT molecular complexity index is 484. The molecule has 0 saturated carbocycles. The van der Waals surface area contributed by atoms with Crippen molar-refractivity contribution in [1.29, 1.82) is 0 Å². The van der Waals surface area contributed by atoms with Gasteiger partial charge >= 0.3 is 0 Å². The van der Waals surface area contributed by atoms with E-state index >= 15 is 0 Å². The van der Waals surface area contributed by atoms with Gasteiger partial charge in [0.15, 0.2) is 0 Å². The summed E-state index contributed by atoms with van der Waals surface area (Å²) >= 11 is 0. The molecule has 1 aromatic carbocycles. The Hall–Kier alpha value is -1.88. The van der Waals surface area contributed by atoms with Gasteiger partial charge in [0, 0.05) is 5.56 Å². The van der Waals surface area contributed by atoms with E-state index < -0.39 is 11.9 Å². The van der Waals surface area contributed by atoms with Crippen LogP contribution in [0.2, 0.25) is 0 Å². The number of nitrogens with two attached hydrogens (primary N) is 1. The van der Waals surface area contributed by atoms with Crippen LogP contribution in [0, 0.1) is 5.82 Å². The Morgan fingerprint density at radius 2 is 2.12 bits per heavy atom. The van der Waals surface area contributed by atoms with Gasteiger partial charge in [-0.15, -0.1) is 0 Å². The van der Waals surface area contributed by atoms with Crippen molar-refractivity contribution < 1.29 is 9.50 Å². The highest BCUT2D eigenvalue weighted by Crippen LogP contribution is 2.19. The molecule has 2 rings (SSSR count). The molecule has 1 atom stereocenters. The quantitative estimate of drug-likeness (QED) is 0.822. The summed E-state index contributed by atoms with van der Waals surface area (Å²) in [4.78, 5) is 0. The van der Waals surface area contributed by atoms with Crippen molar-refractivity contribution >= 4 is 5.82 Å². The molecule has 0 radical (unpaired) electrons. The van der Waals surface area contributed by atoms with Gasteiger partial charge in [0.25, 0.3) is 0 Å². The van der Waals surface area contributed by atoms with Crippen molar-refractivity contribution in [3.8, 4) is 0 Å². The van der Waals surface area contributed by atoms with E-state index in [4.69, 9.17) is 5.73 Å². The second kappa shape index (κ2) is 4.32. The summed E-state index contributed by atoms with van der Waals surface area (Å²) in [6.07, 6.45) is 0.576. The van der Waals surface area contributed by atoms with Crippen molar-refractivity contribution in [2.75, 3.05) is 5.73 Å². The highest BCUT2D eigenvalue weighted by molar-refractivity contribution is 5.26. The minimum atomic E-state index is -0.955. The number of hydrogen-bond acceptors (Lipinski definition) is 3. The first-order chi connectivity index (χ1) is 7.68. The number of nitrogen functional groups attached to an aromatic ring is 1. The van der Waals surface area contributed by atoms with Crippen molar-refractivity contribution in [2.45, 2.75) is 12.6 Å². The van der Waals surface area contributed by atoms with E-state index in [1.165, 1.54) is 16.9 Å². The molecule has 84 valence electrons. The Balaban J connectivity index is 2.18. The lowest BCUT2D eigenvalue weighted by Gasteiger charge is -2.12. The summed E-state index contributed by atoms with van der Waals surface area (Å²) in [5.74, 6) is 0.0103. The van der Waals surface area contributed by atoms with Crippen LogP contribution in [0.15, 0.2) is 36.5 Å². The van der Waals surface area contributed by atoms with Gasteiger partial charge in [0.1, 0.15) is 17.7 Å². The maximum atomic E-state index is 13.3. The molecule has 0 saturated heterocycles. The maximum Gasteiger partial charge on any atom is 0.129 e. The lowest BCUT2D eigenvalue weighted by Crippen LogP contribution is -2.13. The molecule has 1 heterocycles. The third-order valence-electron chi connectivity index (χ3n) is 2.36. The van der Waals surface area contributed by atoms with Gasteiger partial charge in [-0.2, -0.15) is 5.10 Å². The second-order valence-electron chi connectivity index (χ2n) is 3.48. The van der Waals surface area contributed by atoms with Crippen LogP contribution in [0.25, 0.3) is 0 Å². The topological polar surface area (TPSA) is 64.1 Å². The average Bonchev–Trinajstić information content (AvgIpc) is 2.65. The van der Waals surface area contributed by atoms with Crippen LogP contribution in [0.5, 0.6) is 0 Å². The molecule has 0 bridgehead atoms. The van der Waals surface area contributed by atoms with Crippen LogP contribution in [0.1, 0.15) is 11.7 Å². The maximum absolute atomic E-state index is 13.3. The summed E-state index contributed by atoms with van der Waals surface area (Å²) in [6.45, 7) is 0.139. The fraction of sp³-hybridized carbons (Fsp3) is 0.182. The van der Waals surface area contributed by atoms with Crippen molar-refractivity contribution in [3.05, 3.63) is 47.9 Å². The minimum Gasteiger partial charge on any atom is -0.386 e. The zero-order chi connectivity index (χ0) is 11.5. The number of rotatable bonds is 3. The van der Waals surface area contributed by atoms with E-state index in [2.05, 4.69) is 5.10 Å². The Labute approximate surface area is 92.1 Å². The smallest absolute Gasteiger partial charge is 0.129 e. The zero-order valence-electron chi connectivity index (χ0n) is 8.55. The largest absolute Gasteiger partial charge is 0.386 e. The highest BCUT2D eigenvalue weighted by atomic mass is 19.1.